The summed E-state index contributed by atoms with van der Waals surface area (Å²) in [5.74, 6) is -2.92. The highest BCUT2D eigenvalue weighted by Crippen LogP contribution is 2.36. The summed E-state index contributed by atoms with van der Waals surface area (Å²) < 4.78 is 21.4. The van der Waals surface area contributed by atoms with Gasteiger partial charge in [0, 0.05) is 37.8 Å². The summed E-state index contributed by atoms with van der Waals surface area (Å²) in [5.41, 5.74) is 1.56. The number of carbonyl (C=O) groups excluding carboxylic acids is 4. The maximum atomic E-state index is 12.7. The van der Waals surface area contributed by atoms with Crippen LogP contribution in [0, 0.1) is 5.92 Å². The van der Waals surface area contributed by atoms with Gasteiger partial charge in [-0.2, -0.15) is 0 Å². The number of carbonyl (C=O) groups is 4. The van der Waals surface area contributed by atoms with Crippen LogP contribution < -0.4 is 0 Å². The van der Waals surface area contributed by atoms with Gasteiger partial charge in [-0.15, -0.1) is 0 Å². The van der Waals surface area contributed by atoms with E-state index in [1.165, 1.54) is 26.8 Å². The Morgan fingerprint density at radius 2 is 1.91 bits per heavy atom. The standard InChI is InChI=1S/C24H30O9/c1-13(8-9-30-16(4)26)23(28)32-21-11-18(12-25)6-7-19(31-17(5)27)14(2)10-20-22(21)15(3)24(29)33-20/h6,8,10,19-22,25H,3,7,9,11-12H2,1-2,4-5H3/b13-8+,14-10+,18-6-/t19-,20+,21+,22-/m0/s1. The fourth-order valence-electron chi connectivity index (χ4n) is 3.66. The minimum Gasteiger partial charge on any atom is -0.462 e. The van der Waals surface area contributed by atoms with Crippen LogP contribution in [0.15, 0.2) is 47.1 Å². The van der Waals surface area contributed by atoms with Crippen molar-refractivity contribution in [2.75, 3.05) is 13.2 Å². The predicted octanol–water partition coefficient (Wildman–Crippen LogP) is 2.10. The number of rotatable bonds is 6. The van der Waals surface area contributed by atoms with Crippen molar-refractivity contribution in [2.24, 2.45) is 5.92 Å². The van der Waals surface area contributed by atoms with Crippen LogP contribution in [0.3, 0.4) is 0 Å². The Morgan fingerprint density at radius 1 is 1.21 bits per heavy atom. The molecule has 0 bridgehead atoms. The molecule has 9 nitrogen and oxygen atoms in total. The average molecular weight is 462 g/mol. The van der Waals surface area contributed by atoms with Gasteiger partial charge >= 0.3 is 23.9 Å². The van der Waals surface area contributed by atoms with Gasteiger partial charge < -0.3 is 24.1 Å². The lowest BCUT2D eigenvalue weighted by molar-refractivity contribution is -0.148. The van der Waals surface area contributed by atoms with E-state index >= 15 is 0 Å². The molecule has 9 heteroatoms. The molecule has 0 unspecified atom stereocenters. The van der Waals surface area contributed by atoms with E-state index in [1.54, 1.807) is 19.1 Å². The molecule has 0 saturated carbocycles. The molecule has 2 aliphatic rings. The zero-order chi connectivity index (χ0) is 24.7. The molecular formula is C24H30O9. The van der Waals surface area contributed by atoms with E-state index in [2.05, 4.69) is 6.58 Å². The third-order valence-electron chi connectivity index (χ3n) is 5.45. The highest BCUT2D eigenvalue weighted by atomic mass is 16.6. The van der Waals surface area contributed by atoms with E-state index in [4.69, 9.17) is 18.9 Å². The van der Waals surface area contributed by atoms with E-state index in [-0.39, 0.29) is 30.8 Å². The molecule has 1 aliphatic heterocycles. The van der Waals surface area contributed by atoms with Crippen LogP contribution in [0.2, 0.25) is 0 Å². The van der Waals surface area contributed by atoms with Gasteiger partial charge in [-0.1, -0.05) is 12.7 Å². The fourth-order valence-corrected chi connectivity index (χ4v) is 3.66. The van der Waals surface area contributed by atoms with Crippen LogP contribution in [-0.4, -0.2) is 60.5 Å². The molecule has 2 rings (SSSR count). The maximum Gasteiger partial charge on any atom is 0.334 e. The highest BCUT2D eigenvalue weighted by molar-refractivity contribution is 5.92. The van der Waals surface area contributed by atoms with Crippen LogP contribution in [0.1, 0.15) is 40.5 Å². The van der Waals surface area contributed by atoms with Crippen molar-refractivity contribution in [2.45, 2.75) is 58.8 Å². The Labute approximate surface area is 192 Å². The first-order valence-electron chi connectivity index (χ1n) is 10.6. The molecule has 0 aromatic carbocycles. The third-order valence-corrected chi connectivity index (χ3v) is 5.45. The second-order valence-electron chi connectivity index (χ2n) is 8.02. The Bertz CT molecular complexity index is 907. The van der Waals surface area contributed by atoms with Crippen molar-refractivity contribution in [3.8, 4) is 0 Å². The van der Waals surface area contributed by atoms with Gasteiger partial charge in [0.05, 0.1) is 12.5 Å². The SMILES string of the molecule is C=C1C(=O)O[C@@H]2/C=C(\C)[C@@H](OC(C)=O)C/C=C(\CO)C[C@@H](OC(=O)/C(C)=C/COC(C)=O)[C@@H]12. The molecule has 1 N–H and O–H groups in total. The van der Waals surface area contributed by atoms with Crippen LogP contribution >= 0.6 is 0 Å². The molecule has 0 radical (unpaired) electrons. The first-order chi connectivity index (χ1) is 15.5. The Kier molecular flexibility index (Phi) is 9.16. The highest BCUT2D eigenvalue weighted by Gasteiger charge is 2.45. The molecule has 1 fully saturated rings. The van der Waals surface area contributed by atoms with Crippen LogP contribution in [0.5, 0.6) is 0 Å². The van der Waals surface area contributed by atoms with Gasteiger partial charge in [0.1, 0.15) is 24.9 Å². The van der Waals surface area contributed by atoms with Gasteiger partial charge in [-0.05, 0) is 37.1 Å². The quantitative estimate of drug-likeness (QED) is 0.273. The van der Waals surface area contributed by atoms with Crippen molar-refractivity contribution >= 4 is 23.9 Å². The minimum atomic E-state index is -0.855. The number of aliphatic hydroxyl groups is 1. The molecule has 1 aliphatic carbocycles. The molecule has 1 saturated heterocycles. The first kappa shape index (κ1) is 26.1. The van der Waals surface area contributed by atoms with Gasteiger partial charge in [-0.25, -0.2) is 9.59 Å². The van der Waals surface area contributed by atoms with E-state index < -0.39 is 48.1 Å². The fraction of sp³-hybridized carbons (Fsp3) is 0.500. The predicted molar refractivity (Wildman–Crippen MR) is 116 cm³/mol. The van der Waals surface area contributed by atoms with Gasteiger partial charge in [0.15, 0.2) is 0 Å². The average Bonchev–Trinajstić information content (AvgIpc) is 3.01. The molecule has 180 valence electrons. The summed E-state index contributed by atoms with van der Waals surface area (Å²) in [6, 6.07) is 0. The van der Waals surface area contributed by atoms with Crippen molar-refractivity contribution in [1.29, 1.82) is 0 Å². The molecule has 0 amide bonds. The minimum absolute atomic E-state index is 0.0808. The molecule has 33 heavy (non-hydrogen) atoms. The number of hydrogen-bond donors (Lipinski definition) is 1. The lowest BCUT2D eigenvalue weighted by Crippen LogP contribution is -2.35. The van der Waals surface area contributed by atoms with Crippen LogP contribution in [0.25, 0.3) is 0 Å². The van der Waals surface area contributed by atoms with E-state index in [0.717, 1.165) is 0 Å². The van der Waals surface area contributed by atoms with E-state index in [9.17, 15) is 24.3 Å². The van der Waals surface area contributed by atoms with Crippen molar-refractivity contribution < 1.29 is 43.2 Å². The lowest BCUT2D eigenvalue weighted by Gasteiger charge is -2.29. The summed E-state index contributed by atoms with van der Waals surface area (Å²) in [5, 5.41) is 9.88. The Balaban J connectivity index is 2.38. The van der Waals surface area contributed by atoms with Gasteiger partial charge in [-0.3, -0.25) is 9.59 Å². The monoisotopic (exact) mass is 462 g/mol. The van der Waals surface area contributed by atoms with Crippen molar-refractivity contribution in [1.82, 2.24) is 0 Å². The number of hydrogen-bond acceptors (Lipinski definition) is 9. The zero-order valence-corrected chi connectivity index (χ0v) is 19.3. The number of fused-ring (bicyclic) bond motifs is 1. The topological polar surface area (TPSA) is 125 Å². The molecular weight excluding hydrogens is 432 g/mol. The zero-order valence-electron chi connectivity index (χ0n) is 19.3. The van der Waals surface area contributed by atoms with Gasteiger partial charge in [0.2, 0.25) is 0 Å². The lowest BCUT2D eigenvalue weighted by atomic mass is 9.85. The summed E-state index contributed by atoms with van der Waals surface area (Å²) >= 11 is 0. The van der Waals surface area contributed by atoms with Gasteiger partial charge in [0.25, 0.3) is 0 Å². The van der Waals surface area contributed by atoms with Crippen molar-refractivity contribution in [3.05, 3.63) is 47.1 Å². The summed E-state index contributed by atoms with van der Waals surface area (Å²) in [6.45, 7) is 9.25. The normalized spacial score (nSPS) is 28.9. The largest absolute Gasteiger partial charge is 0.462 e. The second-order valence-corrected chi connectivity index (χ2v) is 8.02. The number of ether oxygens (including phenoxy) is 4. The maximum absolute atomic E-state index is 12.7. The summed E-state index contributed by atoms with van der Waals surface area (Å²) in [7, 11) is 0. The second kappa shape index (κ2) is 11.6. The molecule has 4 atom stereocenters. The van der Waals surface area contributed by atoms with E-state index in [1.807, 2.05) is 0 Å². The van der Waals surface area contributed by atoms with Crippen LogP contribution in [-0.2, 0) is 38.1 Å². The smallest absolute Gasteiger partial charge is 0.334 e. The summed E-state index contributed by atoms with van der Waals surface area (Å²) in [4.78, 5) is 47.5. The van der Waals surface area contributed by atoms with E-state index in [0.29, 0.717) is 17.6 Å². The molecule has 0 spiro atoms. The third kappa shape index (κ3) is 7.15. The summed E-state index contributed by atoms with van der Waals surface area (Å²) in [6.07, 6.45) is 3.01. The van der Waals surface area contributed by atoms with Crippen LogP contribution in [0.4, 0.5) is 0 Å². The number of esters is 4. The Hall–Kier alpha value is -3.20. The van der Waals surface area contributed by atoms with Crippen molar-refractivity contribution in [3.63, 3.8) is 0 Å². The molecule has 0 aromatic rings. The first-order valence-corrected chi connectivity index (χ1v) is 10.6. The number of aliphatic hydroxyl groups excluding tert-OH is 1. The Morgan fingerprint density at radius 3 is 2.52 bits per heavy atom. The molecule has 1 heterocycles. The molecule has 0 aromatic heterocycles.